The molecule has 100 valence electrons. The molecule has 0 unspecified atom stereocenters. The molecule has 0 aromatic heterocycles. The average Bonchev–Trinajstić information content (AvgIpc) is 2.47. The average molecular weight is 275 g/mol. The first-order chi connectivity index (χ1) is 9.28. The Morgan fingerprint density at radius 2 is 1.79 bits per heavy atom. The second-order valence-corrected chi connectivity index (χ2v) is 5.01. The quantitative estimate of drug-likeness (QED) is 0.909. The number of methoxy groups -OCH3 is 2. The van der Waals surface area contributed by atoms with E-state index in [1.807, 2.05) is 36.4 Å². The lowest BCUT2D eigenvalue weighted by molar-refractivity contribution is 0.394. The van der Waals surface area contributed by atoms with Crippen molar-refractivity contribution in [2.45, 2.75) is 16.3 Å². The van der Waals surface area contributed by atoms with Crippen LogP contribution in [0.1, 0.15) is 5.56 Å². The highest BCUT2D eigenvalue weighted by atomic mass is 32.2. The molecule has 0 fully saturated rings. The summed E-state index contributed by atoms with van der Waals surface area (Å²) < 4.78 is 10.6. The highest BCUT2D eigenvalue weighted by Gasteiger charge is 2.09. The van der Waals surface area contributed by atoms with Crippen molar-refractivity contribution < 1.29 is 9.47 Å². The first-order valence-corrected chi connectivity index (χ1v) is 6.78. The molecule has 0 bridgehead atoms. The zero-order valence-corrected chi connectivity index (χ0v) is 11.9. The van der Waals surface area contributed by atoms with Crippen LogP contribution in [-0.4, -0.2) is 14.2 Å². The molecule has 19 heavy (non-hydrogen) atoms. The fourth-order valence-corrected chi connectivity index (χ4v) is 2.85. The molecule has 4 heteroatoms. The number of hydrogen-bond donors (Lipinski definition) is 1. The molecule has 0 aliphatic carbocycles. The molecule has 0 atom stereocenters. The Morgan fingerprint density at radius 1 is 1.00 bits per heavy atom. The monoisotopic (exact) mass is 275 g/mol. The van der Waals surface area contributed by atoms with E-state index < -0.39 is 0 Å². The lowest BCUT2D eigenvalue weighted by atomic mass is 10.2. The number of hydrogen-bond acceptors (Lipinski definition) is 4. The van der Waals surface area contributed by atoms with Gasteiger partial charge in [-0.25, -0.2) is 0 Å². The van der Waals surface area contributed by atoms with Crippen LogP contribution in [0, 0.1) is 0 Å². The van der Waals surface area contributed by atoms with Crippen molar-refractivity contribution in [3.05, 3.63) is 48.0 Å². The van der Waals surface area contributed by atoms with Gasteiger partial charge in [-0.2, -0.15) is 0 Å². The molecule has 2 aromatic rings. The van der Waals surface area contributed by atoms with Crippen molar-refractivity contribution in [1.82, 2.24) is 0 Å². The fraction of sp³-hybridized carbons (Fsp3) is 0.200. The normalized spacial score (nSPS) is 10.3. The minimum absolute atomic E-state index is 0.523. The molecule has 2 rings (SSSR count). The second kappa shape index (κ2) is 6.50. The molecular weight excluding hydrogens is 258 g/mol. The zero-order chi connectivity index (χ0) is 13.7. The van der Waals surface area contributed by atoms with Gasteiger partial charge in [0, 0.05) is 11.4 Å². The van der Waals surface area contributed by atoms with Crippen LogP contribution in [0.4, 0.5) is 0 Å². The van der Waals surface area contributed by atoms with Crippen LogP contribution in [0.25, 0.3) is 0 Å². The van der Waals surface area contributed by atoms with Crippen molar-refractivity contribution in [2.75, 3.05) is 14.2 Å². The van der Waals surface area contributed by atoms with Crippen LogP contribution in [-0.2, 0) is 6.54 Å². The largest absolute Gasteiger partial charge is 0.497 e. The van der Waals surface area contributed by atoms with Crippen LogP contribution >= 0.6 is 11.8 Å². The SMILES string of the molecule is COc1ccc(OC)c(Sc2ccccc2CN)c1. The van der Waals surface area contributed by atoms with E-state index in [2.05, 4.69) is 6.07 Å². The third kappa shape index (κ3) is 3.22. The molecule has 0 heterocycles. The Hall–Kier alpha value is -1.65. The summed E-state index contributed by atoms with van der Waals surface area (Å²) >= 11 is 1.63. The zero-order valence-electron chi connectivity index (χ0n) is 11.1. The van der Waals surface area contributed by atoms with E-state index in [1.54, 1.807) is 26.0 Å². The van der Waals surface area contributed by atoms with Gasteiger partial charge in [-0.3, -0.25) is 0 Å². The van der Waals surface area contributed by atoms with Crippen molar-refractivity contribution in [2.24, 2.45) is 5.73 Å². The first-order valence-electron chi connectivity index (χ1n) is 5.96. The van der Waals surface area contributed by atoms with Crippen LogP contribution in [0.2, 0.25) is 0 Å². The van der Waals surface area contributed by atoms with Gasteiger partial charge in [0.05, 0.1) is 19.1 Å². The van der Waals surface area contributed by atoms with Gasteiger partial charge < -0.3 is 15.2 Å². The van der Waals surface area contributed by atoms with E-state index in [9.17, 15) is 0 Å². The van der Waals surface area contributed by atoms with E-state index in [4.69, 9.17) is 15.2 Å². The molecule has 2 N–H and O–H groups in total. The summed E-state index contributed by atoms with van der Waals surface area (Å²) in [5, 5.41) is 0. The topological polar surface area (TPSA) is 44.5 Å². The van der Waals surface area contributed by atoms with Crippen LogP contribution in [0.3, 0.4) is 0 Å². The van der Waals surface area contributed by atoms with Crippen molar-refractivity contribution in [3.8, 4) is 11.5 Å². The summed E-state index contributed by atoms with van der Waals surface area (Å²) in [5.74, 6) is 1.64. The summed E-state index contributed by atoms with van der Waals surface area (Å²) in [7, 11) is 3.32. The Morgan fingerprint density at radius 3 is 2.47 bits per heavy atom. The van der Waals surface area contributed by atoms with Gasteiger partial charge in [0.25, 0.3) is 0 Å². The Labute approximate surface area is 117 Å². The third-order valence-electron chi connectivity index (χ3n) is 2.78. The second-order valence-electron chi connectivity index (χ2n) is 3.93. The van der Waals surface area contributed by atoms with Gasteiger partial charge in [-0.1, -0.05) is 30.0 Å². The summed E-state index contributed by atoms with van der Waals surface area (Å²) in [6, 6.07) is 13.9. The smallest absolute Gasteiger partial charge is 0.133 e. The summed E-state index contributed by atoms with van der Waals surface area (Å²) in [4.78, 5) is 2.15. The third-order valence-corrected chi connectivity index (χ3v) is 3.94. The van der Waals surface area contributed by atoms with Crippen LogP contribution < -0.4 is 15.2 Å². The maximum absolute atomic E-state index is 5.76. The minimum atomic E-state index is 0.523. The predicted molar refractivity (Wildman–Crippen MR) is 78.0 cm³/mol. The first kappa shape index (κ1) is 13.8. The van der Waals surface area contributed by atoms with Gasteiger partial charge in [0.1, 0.15) is 11.5 Å². The maximum atomic E-state index is 5.76. The molecule has 0 spiro atoms. The molecule has 0 saturated carbocycles. The Kier molecular flexibility index (Phi) is 4.71. The summed E-state index contributed by atoms with van der Waals surface area (Å²) in [5.41, 5.74) is 6.88. The van der Waals surface area contributed by atoms with E-state index in [0.717, 1.165) is 26.9 Å². The molecule has 0 aliphatic heterocycles. The number of benzene rings is 2. The van der Waals surface area contributed by atoms with Crippen molar-refractivity contribution in [1.29, 1.82) is 0 Å². The van der Waals surface area contributed by atoms with E-state index >= 15 is 0 Å². The highest BCUT2D eigenvalue weighted by Crippen LogP contribution is 2.38. The molecule has 0 saturated heterocycles. The lowest BCUT2D eigenvalue weighted by Gasteiger charge is -2.12. The van der Waals surface area contributed by atoms with Crippen molar-refractivity contribution in [3.63, 3.8) is 0 Å². The number of rotatable bonds is 5. The molecule has 0 radical (unpaired) electrons. The van der Waals surface area contributed by atoms with Gasteiger partial charge in [-0.15, -0.1) is 0 Å². The van der Waals surface area contributed by atoms with Gasteiger partial charge in [0.15, 0.2) is 0 Å². The molecule has 0 aliphatic rings. The van der Waals surface area contributed by atoms with Gasteiger partial charge >= 0.3 is 0 Å². The van der Waals surface area contributed by atoms with Crippen molar-refractivity contribution >= 4 is 11.8 Å². The highest BCUT2D eigenvalue weighted by molar-refractivity contribution is 7.99. The number of nitrogens with two attached hydrogens (primary N) is 1. The van der Waals surface area contributed by atoms with Crippen LogP contribution in [0.15, 0.2) is 52.3 Å². The van der Waals surface area contributed by atoms with Gasteiger partial charge in [0.2, 0.25) is 0 Å². The minimum Gasteiger partial charge on any atom is -0.497 e. The maximum Gasteiger partial charge on any atom is 0.133 e. The summed E-state index contributed by atoms with van der Waals surface area (Å²) in [6.45, 7) is 0.523. The molecule has 0 amide bonds. The molecule has 2 aromatic carbocycles. The Bertz CT molecular complexity index is 558. The lowest BCUT2D eigenvalue weighted by Crippen LogP contribution is -1.98. The standard InChI is InChI=1S/C15H17NO2S/c1-17-12-7-8-13(18-2)15(9-12)19-14-6-4-3-5-11(14)10-16/h3-9H,10,16H2,1-2H3. The molecular formula is C15H17NO2S. The predicted octanol–water partition coefficient (Wildman–Crippen LogP) is 3.31. The van der Waals surface area contributed by atoms with E-state index in [0.29, 0.717) is 6.54 Å². The summed E-state index contributed by atoms with van der Waals surface area (Å²) in [6.07, 6.45) is 0. The number of ether oxygens (including phenoxy) is 2. The van der Waals surface area contributed by atoms with Crippen LogP contribution in [0.5, 0.6) is 11.5 Å². The van der Waals surface area contributed by atoms with E-state index in [1.165, 1.54) is 0 Å². The Balaban J connectivity index is 2.36. The van der Waals surface area contributed by atoms with Gasteiger partial charge in [-0.05, 0) is 29.8 Å². The molecule has 3 nitrogen and oxygen atoms in total. The fourth-order valence-electron chi connectivity index (χ4n) is 1.75. The van der Waals surface area contributed by atoms with E-state index in [-0.39, 0.29) is 0 Å².